The first-order valence-corrected chi connectivity index (χ1v) is 11.1. The number of phenols is 1. The quantitative estimate of drug-likeness (QED) is 0.648. The van der Waals surface area contributed by atoms with Gasteiger partial charge in [-0.2, -0.15) is 0 Å². The molecule has 5 heteroatoms. The largest absolute Gasteiger partial charge is 0.507 e. The van der Waals surface area contributed by atoms with Crippen LogP contribution in [-0.4, -0.2) is 30.0 Å². The minimum absolute atomic E-state index is 0.0652. The summed E-state index contributed by atoms with van der Waals surface area (Å²) in [6.07, 6.45) is 8.83. The van der Waals surface area contributed by atoms with Crippen LogP contribution in [-0.2, 0) is 6.42 Å². The third-order valence-electron chi connectivity index (χ3n) is 6.48. The molecule has 3 heterocycles. The van der Waals surface area contributed by atoms with Crippen LogP contribution in [0.5, 0.6) is 28.7 Å². The van der Waals surface area contributed by atoms with E-state index in [1.807, 2.05) is 52.8 Å². The second-order valence-electron chi connectivity index (χ2n) is 9.92. The molecule has 0 spiro atoms. The molecule has 1 unspecified atom stereocenters. The molecule has 32 heavy (non-hydrogen) atoms. The molecule has 3 aliphatic heterocycles. The summed E-state index contributed by atoms with van der Waals surface area (Å²) in [5, 5.41) is 10.4. The Labute approximate surface area is 189 Å². The summed E-state index contributed by atoms with van der Waals surface area (Å²) >= 11 is 0. The standard InChI is InChI=1S/C27H30O5/c1-15-22(29-6)20-13-16(14-30-24(20)19-10-12-26(2,3)31-23(15)19)17-7-8-21(28)18-9-11-27(4,5)32-25(17)18/h7-12,16,28H,13-14H2,1-6H3. The number of rotatable bonds is 2. The SMILES string of the molecule is COc1c(C)c2c(c3c1CC(c1ccc(O)c4c1OC(C)(C)C=C4)CO3)C=CC(C)(C)O2. The number of methoxy groups -OCH3 is 1. The molecular weight excluding hydrogens is 404 g/mol. The van der Waals surface area contributed by atoms with E-state index in [1.54, 1.807) is 13.2 Å². The average Bonchev–Trinajstić information content (AvgIpc) is 2.73. The Balaban J connectivity index is 1.60. The first kappa shape index (κ1) is 20.8. The van der Waals surface area contributed by atoms with E-state index in [9.17, 15) is 5.11 Å². The zero-order valence-electron chi connectivity index (χ0n) is 19.5. The van der Waals surface area contributed by atoms with E-state index in [1.165, 1.54) is 0 Å². The molecule has 0 radical (unpaired) electrons. The van der Waals surface area contributed by atoms with Crippen LogP contribution in [0.1, 0.15) is 61.4 Å². The average molecular weight is 435 g/mol. The molecule has 0 aliphatic carbocycles. The van der Waals surface area contributed by atoms with Crippen molar-refractivity contribution >= 4 is 12.2 Å². The zero-order valence-corrected chi connectivity index (χ0v) is 19.5. The monoisotopic (exact) mass is 434 g/mol. The topological polar surface area (TPSA) is 57.2 Å². The highest BCUT2D eigenvalue weighted by molar-refractivity contribution is 5.76. The molecule has 0 saturated carbocycles. The molecule has 168 valence electrons. The summed E-state index contributed by atoms with van der Waals surface area (Å²) < 4.78 is 24.8. The van der Waals surface area contributed by atoms with E-state index in [0.29, 0.717) is 6.61 Å². The molecule has 0 fully saturated rings. The lowest BCUT2D eigenvalue weighted by molar-refractivity contribution is 0.151. The first-order chi connectivity index (χ1) is 15.1. The van der Waals surface area contributed by atoms with Crippen LogP contribution >= 0.6 is 0 Å². The van der Waals surface area contributed by atoms with Crippen molar-refractivity contribution in [2.75, 3.05) is 13.7 Å². The minimum Gasteiger partial charge on any atom is -0.507 e. The number of aromatic hydroxyl groups is 1. The third-order valence-corrected chi connectivity index (χ3v) is 6.48. The number of hydrogen-bond donors (Lipinski definition) is 1. The van der Waals surface area contributed by atoms with Crippen LogP contribution in [0.2, 0.25) is 0 Å². The highest BCUT2D eigenvalue weighted by Crippen LogP contribution is 2.52. The summed E-state index contributed by atoms with van der Waals surface area (Å²) in [4.78, 5) is 0. The molecule has 0 aromatic heterocycles. The van der Waals surface area contributed by atoms with Crippen molar-refractivity contribution in [1.29, 1.82) is 0 Å². The van der Waals surface area contributed by atoms with Crippen LogP contribution < -0.4 is 18.9 Å². The second kappa shape index (κ2) is 6.96. The van der Waals surface area contributed by atoms with Gasteiger partial charge in [0.1, 0.15) is 39.9 Å². The van der Waals surface area contributed by atoms with Crippen LogP contribution in [0, 0.1) is 6.92 Å². The Kier molecular flexibility index (Phi) is 4.52. The van der Waals surface area contributed by atoms with Crippen molar-refractivity contribution in [2.45, 2.75) is 58.2 Å². The van der Waals surface area contributed by atoms with Crippen molar-refractivity contribution in [3.8, 4) is 28.7 Å². The number of fused-ring (bicyclic) bond motifs is 4. The van der Waals surface area contributed by atoms with E-state index in [4.69, 9.17) is 18.9 Å². The highest BCUT2D eigenvalue weighted by Gasteiger charge is 2.36. The molecule has 1 N–H and O–H groups in total. The molecule has 1 atom stereocenters. The number of phenolic OH excluding ortho intramolecular Hbond substituents is 1. The van der Waals surface area contributed by atoms with Gasteiger partial charge in [0.2, 0.25) is 0 Å². The fraction of sp³-hybridized carbons (Fsp3) is 0.407. The van der Waals surface area contributed by atoms with Gasteiger partial charge >= 0.3 is 0 Å². The maximum atomic E-state index is 10.4. The van der Waals surface area contributed by atoms with Crippen LogP contribution in [0.3, 0.4) is 0 Å². The van der Waals surface area contributed by atoms with Gasteiger partial charge < -0.3 is 24.1 Å². The lowest BCUT2D eigenvalue weighted by Gasteiger charge is -2.36. The van der Waals surface area contributed by atoms with Crippen LogP contribution in [0.4, 0.5) is 0 Å². The Hall–Kier alpha value is -3.08. The van der Waals surface area contributed by atoms with Crippen LogP contribution in [0.25, 0.3) is 12.2 Å². The third kappa shape index (κ3) is 3.22. The number of benzene rings is 2. The van der Waals surface area contributed by atoms with Gasteiger partial charge in [0.15, 0.2) is 0 Å². The number of ether oxygens (including phenoxy) is 4. The molecule has 0 bridgehead atoms. The summed E-state index contributed by atoms with van der Waals surface area (Å²) in [5.41, 5.74) is 3.94. The summed E-state index contributed by atoms with van der Waals surface area (Å²) in [6, 6.07) is 3.69. The Morgan fingerprint density at radius 3 is 2.28 bits per heavy atom. The second-order valence-corrected chi connectivity index (χ2v) is 9.92. The van der Waals surface area contributed by atoms with E-state index in [-0.39, 0.29) is 17.3 Å². The van der Waals surface area contributed by atoms with Gasteiger partial charge in [0, 0.05) is 22.6 Å². The Bertz CT molecular complexity index is 1170. The Morgan fingerprint density at radius 1 is 0.938 bits per heavy atom. The summed E-state index contributed by atoms with van der Waals surface area (Å²) in [5.74, 6) is 3.48. The van der Waals surface area contributed by atoms with Gasteiger partial charge in [-0.05, 0) is 71.4 Å². The fourth-order valence-corrected chi connectivity index (χ4v) is 4.86. The van der Waals surface area contributed by atoms with Crippen molar-refractivity contribution in [3.05, 3.63) is 52.1 Å². The molecule has 0 saturated heterocycles. The lowest BCUT2D eigenvalue weighted by Crippen LogP contribution is -2.30. The van der Waals surface area contributed by atoms with Gasteiger partial charge in [-0.25, -0.2) is 0 Å². The van der Waals surface area contributed by atoms with Crippen molar-refractivity contribution < 1.29 is 24.1 Å². The van der Waals surface area contributed by atoms with Gasteiger partial charge in [-0.3, -0.25) is 0 Å². The van der Waals surface area contributed by atoms with Gasteiger partial charge in [0.25, 0.3) is 0 Å². The molecule has 0 amide bonds. The number of hydrogen-bond acceptors (Lipinski definition) is 5. The molecule has 2 aromatic carbocycles. The molecule has 2 aromatic rings. The van der Waals surface area contributed by atoms with Crippen molar-refractivity contribution in [2.24, 2.45) is 0 Å². The van der Waals surface area contributed by atoms with E-state index >= 15 is 0 Å². The van der Waals surface area contributed by atoms with E-state index in [0.717, 1.165) is 57.2 Å². The highest BCUT2D eigenvalue weighted by atomic mass is 16.5. The van der Waals surface area contributed by atoms with Gasteiger partial charge in [-0.15, -0.1) is 0 Å². The summed E-state index contributed by atoms with van der Waals surface area (Å²) in [6.45, 7) is 10.7. The predicted molar refractivity (Wildman–Crippen MR) is 125 cm³/mol. The molecular formula is C27H30O5. The normalized spacial score (nSPS) is 21.4. The lowest BCUT2D eigenvalue weighted by atomic mass is 9.84. The van der Waals surface area contributed by atoms with Crippen molar-refractivity contribution in [3.63, 3.8) is 0 Å². The van der Waals surface area contributed by atoms with Crippen molar-refractivity contribution in [1.82, 2.24) is 0 Å². The zero-order chi connectivity index (χ0) is 22.8. The molecule has 5 rings (SSSR count). The van der Waals surface area contributed by atoms with Gasteiger partial charge in [-0.1, -0.05) is 6.07 Å². The molecule has 3 aliphatic rings. The van der Waals surface area contributed by atoms with Gasteiger partial charge in [0.05, 0.1) is 24.8 Å². The van der Waals surface area contributed by atoms with E-state index < -0.39 is 5.60 Å². The summed E-state index contributed by atoms with van der Waals surface area (Å²) in [7, 11) is 1.70. The minimum atomic E-state index is -0.439. The molecule has 5 nitrogen and oxygen atoms in total. The predicted octanol–water partition coefficient (Wildman–Crippen LogP) is 5.80. The fourth-order valence-electron chi connectivity index (χ4n) is 4.86. The smallest absolute Gasteiger partial charge is 0.138 e. The van der Waals surface area contributed by atoms with E-state index in [2.05, 4.69) is 12.2 Å². The first-order valence-electron chi connectivity index (χ1n) is 11.1. The maximum Gasteiger partial charge on any atom is 0.138 e. The van der Waals surface area contributed by atoms with Crippen LogP contribution in [0.15, 0.2) is 24.3 Å². The Morgan fingerprint density at radius 2 is 1.59 bits per heavy atom. The maximum absolute atomic E-state index is 10.4.